The molecule has 0 atom stereocenters. The van der Waals surface area contributed by atoms with Gasteiger partial charge in [0, 0.05) is 17.3 Å². The minimum Gasteiger partial charge on any atom is -0.497 e. The first kappa shape index (κ1) is 20.0. The van der Waals surface area contributed by atoms with Crippen LogP contribution in [0, 0.1) is 13.8 Å². The van der Waals surface area contributed by atoms with Crippen molar-refractivity contribution in [1.29, 1.82) is 0 Å². The number of benzene rings is 1. The normalized spacial score (nSPS) is 14.2. The van der Waals surface area contributed by atoms with Gasteiger partial charge in [0.15, 0.2) is 5.82 Å². The standard InChI is InChI=1S/C23H28ClN3O2/c1-6-15(7-2)18-11-14(4)27-21(18)23(28)26(16-8-9-16)22(25-27)20-13(3)10-17(29-5)12-19(20)24/h10-12,15-16H,6-9H2,1-5H3. The molecule has 154 valence electrons. The number of ether oxygens (including phenoxy) is 1. The molecule has 6 heteroatoms. The van der Waals surface area contributed by atoms with E-state index in [-0.39, 0.29) is 11.6 Å². The topological polar surface area (TPSA) is 48.5 Å². The number of rotatable bonds is 6. The highest BCUT2D eigenvalue weighted by Crippen LogP contribution is 2.40. The average molecular weight is 414 g/mol. The molecule has 29 heavy (non-hydrogen) atoms. The fourth-order valence-electron chi connectivity index (χ4n) is 4.34. The Balaban J connectivity index is 2.06. The van der Waals surface area contributed by atoms with Crippen LogP contribution in [-0.2, 0) is 0 Å². The van der Waals surface area contributed by atoms with Crippen molar-refractivity contribution in [3.63, 3.8) is 0 Å². The van der Waals surface area contributed by atoms with Crippen LogP contribution < -0.4 is 10.3 Å². The summed E-state index contributed by atoms with van der Waals surface area (Å²) in [6.45, 7) is 8.35. The predicted octanol–water partition coefficient (Wildman–Crippen LogP) is 5.68. The third-order valence-electron chi connectivity index (χ3n) is 6.09. The highest BCUT2D eigenvalue weighted by atomic mass is 35.5. The van der Waals surface area contributed by atoms with Crippen LogP contribution in [0.25, 0.3) is 16.9 Å². The smallest absolute Gasteiger partial charge is 0.278 e. The third-order valence-corrected chi connectivity index (χ3v) is 6.38. The molecule has 3 aromatic rings. The Morgan fingerprint density at radius 3 is 2.45 bits per heavy atom. The lowest BCUT2D eigenvalue weighted by Crippen LogP contribution is -2.26. The van der Waals surface area contributed by atoms with Crippen LogP contribution in [0.5, 0.6) is 5.75 Å². The van der Waals surface area contributed by atoms with E-state index in [2.05, 4.69) is 19.9 Å². The molecule has 0 saturated heterocycles. The predicted molar refractivity (Wildman–Crippen MR) is 118 cm³/mol. The molecule has 1 saturated carbocycles. The lowest BCUT2D eigenvalue weighted by Gasteiger charge is -2.17. The summed E-state index contributed by atoms with van der Waals surface area (Å²) in [4.78, 5) is 13.8. The summed E-state index contributed by atoms with van der Waals surface area (Å²) in [6.07, 6.45) is 4.00. The van der Waals surface area contributed by atoms with Gasteiger partial charge in [0.1, 0.15) is 11.3 Å². The van der Waals surface area contributed by atoms with Crippen LogP contribution >= 0.6 is 11.6 Å². The van der Waals surface area contributed by atoms with Gasteiger partial charge >= 0.3 is 0 Å². The van der Waals surface area contributed by atoms with Gasteiger partial charge in [0.05, 0.1) is 12.1 Å². The number of aryl methyl sites for hydroxylation is 2. The summed E-state index contributed by atoms with van der Waals surface area (Å²) in [7, 11) is 1.62. The first-order chi connectivity index (χ1) is 13.9. The fraction of sp³-hybridized carbons (Fsp3) is 0.478. The molecule has 5 nitrogen and oxygen atoms in total. The average Bonchev–Trinajstić information content (AvgIpc) is 3.46. The van der Waals surface area contributed by atoms with Gasteiger partial charge in [-0.3, -0.25) is 9.36 Å². The SMILES string of the molecule is CCC(CC)c1cc(C)n2nc(-c3c(C)cc(OC)cc3Cl)n(C3CC3)c(=O)c12. The zero-order valence-electron chi connectivity index (χ0n) is 17.8. The molecular weight excluding hydrogens is 386 g/mol. The summed E-state index contributed by atoms with van der Waals surface area (Å²) in [5.74, 6) is 1.70. The summed E-state index contributed by atoms with van der Waals surface area (Å²) >= 11 is 6.64. The molecular formula is C23H28ClN3O2. The highest BCUT2D eigenvalue weighted by Gasteiger charge is 2.32. The Hall–Kier alpha value is -2.27. The monoisotopic (exact) mass is 413 g/mol. The van der Waals surface area contributed by atoms with Crippen LogP contribution in [0.3, 0.4) is 0 Å². The van der Waals surface area contributed by atoms with Crippen molar-refractivity contribution in [3.8, 4) is 17.1 Å². The second-order valence-corrected chi connectivity index (χ2v) is 8.45. The van der Waals surface area contributed by atoms with Crippen molar-refractivity contribution in [2.45, 2.75) is 65.3 Å². The van der Waals surface area contributed by atoms with Gasteiger partial charge < -0.3 is 4.74 Å². The zero-order chi connectivity index (χ0) is 20.9. The van der Waals surface area contributed by atoms with Crippen molar-refractivity contribution < 1.29 is 4.74 Å². The van der Waals surface area contributed by atoms with Gasteiger partial charge in [-0.05, 0) is 74.8 Å². The Kier molecular flexibility index (Phi) is 5.19. The maximum Gasteiger partial charge on any atom is 0.278 e. The van der Waals surface area contributed by atoms with E-state index in [1.165, 1.54) is 0 Å². The van der Waals surface area contributed by atoms with E-state index in [1.54, 1.807) is 13.2 Å². The Bertz CT molecular complexity index is 1110. The highest BCUT2D eigenvalue weighted by molar-refractivity contribution is 6.33. The molecule has 0 unspecified atom stereocenters. The molecule has 1 aliphatic rings. The summed E-state index contributed by atoms with van der Waals surface area (Å²) in [5.41, 5.74) is 4.59. The van der Waals surface area contributed by atoms with E-state index < -0.39 is 0 Å². The lowest BCUT2D eigenvalue weighted by molar-refractivity contribution is 0.414. The van der Waals surface area contributed by atoms with E-state index in [4.69, 9.17) is 21.4 Å². The Labute approximate surface area is 176 Å². The van der Waals surface area contributed by atoms with Crippen molar-refractivity contribution in [3.05, 3.63) is 50.4 Å². The summed E-state index contributed by atoms with van der Waals surface area (Å²) < 4.78 is 9.05. The number of hydrogen-bond acceptors (Lipinski definition) is 3. The van der Waals surface area contributed by atoms with E-state index >= 15 is 0 Å². The van der Waals surface area contributed by atoms with Gasteiger partial charge in [-0.2, -0.15) is 0 Å². The van der Waals surface area contributed by atoms with E-state index in [1.807, 2.05) is 29.0 Å². The first-order valence-electron chi connectivity index (χ1n) is 10.4. The van der Waals surface area contributed by atoms with E-state index in [0.717, 1.165) is 48.1 Å². The van der Waals surface area contributed by atoms with E-state index in [9.17, 15) is 4.79 Å². The van der Waals surface area contributed by atoms with Gasteiger partial charge in [-0.15, -0.1) is 5.10 Å². The molecule has 0 amide bonds. The van der Waals surface area contributed by atoms with E-state index in [0.29, 0.717) is 28.0 Å². The molecule has 4 rings (SSSR count). The van der Waals surface area contributed by atoms with Gasteiger partial charge in [-0.25, -0.2) is 4.52 Å². The number of halogens is 1. The maximum atomic E-state index is 13.8. The van der Waals surface area contributed by atoms with Crippen LogP contribution in [0.2, 0.25) is 5.02 Å². The second-order valence-electron chi connectivity index (χ2n) is 8.05. The third kappa shape index (κ3) is 3.25. The lowest BCUT2D eigenvalue weighted by atomic mass is 9.95. The van der Waals surface area contributed by atoms with Crippen LogP contribution in [0.15, 0.2) is 23.0 Å². The maximum absolute atomic E-state index is 13.8. The van der Waals surface area contributed by atoms with Crippen LogP contribution in [-0.4, -0.2) is 21.3 Å². The van der Waals surface area contributed by atoms with Gasteiger partial charge in [-0.1, -0.05) is 25.4 Å². The number of fused-ring (bicyclic) bond motifs is 1. The quantitative estimate of drug-likeness (QED) is 0.522. The zero-order valence-corrected chi connectivity index (χ0v) is 18.5. The van der Waals surface area contributed by atoms with Crippen molar-refractivity contribution in [2.24, 2.45) is 0 Å². The number of methoxy groups -OCH3 is 1. The van der Waals surface area contributed by atoms with Crippen molar-refractivity contribution >= 4 is 17.1 Å². The molecule has 0 spiro atoms. The second kappa shape index (κ2) is 7.52. The largest absolute Gasteiger partial charge is 0.497 e. The molecule has 1 aromatic carbocycles. The summed E-state index contributed by atoms with van der Waals surface area (Å²) in [6, 6.07) is 6.05. The molecule has 2 aromatic heterocycles. The molecule has 1 aliphatic carbocycles. The van der Waals surface area contributed by atoms with Gasteiger partial charge in [0.25, 0.3) is 5.56 Å². The van der Waals surface area contributed by atoms with Gasteiger partial charge in [0.2, 0.25) is 0 Å². The molecule has 0 radical (unpaired) electrons. The number of hydrogen-bond donors (Lipinski definition) is 0. The van der Waals surface area contributed by atoms with Crippen LogP contribution in [0.1, 0.15) is 68.3 Å². The molecule has 2 heterocycles. The molecule has 0 N–H and O–H groups in total. The first-order valence-corrected chi connectivity index (χ1v) is 10.8. The Morgan fingerprint density at radius 1 is 1.21 bits per heavy atom. The Morgan fingerprint density at radius 2 is 1.90 bits per heavy atom. The van der Waals surface area contributed by atoms with Crippen molar-refractivity contribution in [2.75, 3.05) is 7.11 Å². The van der Waals surface area contributed by atoms with Crippen LogP contribution in [0.4, 0.5) is 0 Å². The summed E-state index contributed by atoms with van der Waals surface area (Å²) in [5, 5.41) is 5.52. The molecule has 0 bridgehead atoms. The fourth-order valence-corrected chi connectivity index (χ4v) is 4.69. The molecule has 0 aliphatic heterocycles. The van der Waals surface area contributed by atoms with Crippen molar-refractivity contribution in [1.82, 2.24) is 14.2 Å². The molecule has 1 fully saturated rings. The minimum absolute atomic E-state index is 0.0405. The minimum atomic E-state index is 0.0405. The number of nitrogens with zero attached hydrogens (tertiary/aromatic N) is 3. The number of aromatic nitrogens is 3.